The number of aryl methyl sites for hydroxylation is 3. The lowest BCUT2D eigenvalue weighted by Gasteiger charge is -2.31. The van der Waals surface area contributed by atoms with Crippen molar-refractivity contribution in [2.24, 2.45) is 0 Å². The highest BCUT2D eigenvalue weighted by atomic mass is 32.2. The summed E-state index contributed by atoms with van der Waals surface area (Å²) in [6.45, 7) is 8.78. The van der Waals surface area contributed by atoms with Crippen molar-refractivity contribution in [2.75, 3.05) is 35.8 Å². The van der Waals surface area contributed by atoms with Gasteiger partial charge in [-0.05, 0) is 62.9 Å². The molecule has 1 aliphatic heterocycles. The molecular formula is C25H34N4O3S. The van der Waals surface area contributed by atoms with Gasteiger partial charge in [0.15, 0.2) is 0 Å². The lowest BCUT2D eigenvalue weighted by molar-refractivity contribution is 0.0938. The molecule has 1 amide bonds. The van der Waals surface area contributed by atoms with Crippen LogP contribution in [0.5, 0.6) is 0 Å². The summed E-state index contributed by atoms with van der Waals surface area (Å²) in [5, 5.41) is 6.42. The summed E-state index contributed by atoms with van der Waals surface area (Å²) in [6.07, 6.45) is 4.26. The monoisotopic (exact) mass is 470 g/mol. The van der Waals surface area contributed by atoms with Gasteiger partial charge in [-0.15, -0.1) is 0 Å². The molecule has 178 valence electrons. The predicted molar refractivity (Wildman–Crippen MR) is 133 cm³/mol. The molecule has 1 aliphatic carbocycles. The first-order chi connectivity index (χ1) is 15.7. The summed E-state index contributed by atoms with van der Waals surface area (Å²) in [5.41, 5.74) is 4.14. The summed E-state index contributed by atoms with van der Waals surface area (Å²) in [5.74, 6) is -0.156. The van der Waals surface area contributed by atoms with Crippen LogP contribution in [0.2, 0.25) is 0 Å². The second-order valence-corrected chi connectivity index (χ2v) is 10.9. The molecule has 33 heavy (non-hydrogen) atoms. The Bertz CT molecular complexity index is 1110. The first-order valence-corrected chi connectivity index (χ1v) is 13.2. The van der Waals surface area contributed by atoms with Crippen molar-refractivity contribution in [2.45, 2.75) is 57.4 Å². The van der Waals surface area contributed by atoms with Crippen molar-refractivity contribution >= 4 is 27.3 Å². The summed E-state index contributed by atoms with van der Waals surface area (Å²) in [7, 11) is -3.84. The van der Waals surface area contributed by atoms with Crippen molar-refractivity contribution in [1.29, 1.82) is 0 Å². The number of carbonyl (C=O) groups excluding carboxylic acids is 1. The summed E-state index contributed by atoms with van der Waals surface area (Å²) in [6, 6.07) is 9.29. The van der Waals surface area contributed by atoms with Crippen LogP contribution < -0.4 is 20.3 Å². The topological polar surface area (TPSA) is 90.5 Å². The van der Waals surface area contributed by atoms with Crippen LogP contribution in [-0.2, 0) is 10.0 Å². The molecule has 0 unspecified atom stereocenters. The van der Waals surface area contributed by atoms with Crippen molar-refractivity contribution < 1.29 is 13.2 Å². The second-order valence-electron chi connectivity index (χ2n) is 9.26. The average molecular weight is 471 g/mol. The first-order valence-electron chi connectivity index (χ1n) is 11.8. The van der Waals surface area contributed by atoms with Crippen LogP contribution in [0.1, 0.15) is 52.7 Å². The van der Waals surface area contributed by atoms with E-state index in [9.17, 15) is 13.2 Å². The third-order valence-corrected chi connectivity index (χ3v) is 8.19. The zero-order valence-corrected chi connectivity index (χ0v) is 20.5. The molecule has 0 atom stereocenters. The van der Waals surface area contributed by atoms with E-state index in [1.807, 2.05) is 39.0 Å². The van der Waals surface area contributed by atoms with E-state index in [1.165, 1.54) is 0 Å². The number of amides is 1. The van der Waals surface area contributed by atoms with Crippen LogP contribution in [0, 0.1) is 20.8 Å². The smallest absolute Gasteiger partial charge is 0.262 e. The molecule has 2 aromatic carbocycles. The first kappa shape index (κ1) is 23.6. The van der Waals surface area contributed by atoms with Gasteiger partial charge < -0.3 is 15.5 Å². The lowest BCUT2D eigenvalue weighted by Crippen LogP contribution is -2.43. The van der Waals surface area contributed by atoms with Crippen molar-refractivity contribution in [3.8, 4) is 0 Å². The van der Waals surface area contributed by atoms with Gasteiger partial charge in [-0.1, -0.05) is 30.5 Å². The van der Waals surface area contributed by atoms with Crippen LogP contribution in [0.3, 0.4) is 0 Å². The summed E-state index contributed by atoms with van der Waals surface area (Å²) in [4.78, 5) is 15.4. The van der Waals surface area contributed by atoms with Gasteiger partial charge >= 0.3 is 0 Å². The van der Waals surface area contributed by atoms with Crippen LogP contribution in [0.15, 0.2) is 35.2 Å². The predicted octanol–water partition coefficient (Wildman–Crippen LogP) is 3.49. The third-order valence-electron chi connectivity index (χ3n) is 6.52. The minimum Gasteiger partial charge on any atom is -0.367 e. The SMILES string of the molecule is Cc1cc(C)c(S(=O)(=O)Nc2cc(C(=O)NC3CCCC3)ccc2N2CCNCC2)c(C)c1. The standard InChI is InChI=1S/C25H34N4O3S/c1-17-14-18(2)24(19(3)15-17)33(31,32)28-22-16-20(25(30)27-21-6-4-5-7-21)8-9-23(22)29-12-10-26-11-13-29/h8-9,14-16,21,26,28H,4-7,10-13H2,1-3H3,(H,27,30). The third kappa shape index (κ3) is 5.33. The quantitative estimate of drug-likeness (QED) is 0.601. The van der Waals surface area contributed by atoms with Crippen LogP contribution >= 0.6 is 0 Å². The molecule has 0 radical (unpaired) electrons. The maximum atomic E-state index is 13.5. The number of nitrogens with one attached hydrogen (secondary N) is 3. The molecule has 2 fully saturated rings. The molecule has 0 spiro atoms. The van der Waals surface area contributed by atoms with Gasteiger partial charge in [-0.25, -0.2) is 8.42 Å². The Morgan fingerprint density at radius 2 is 1.64 bits per heavy atom. The molecule has 2 aliphatic rings. The van der Waals surface area contributed by atoms with Crippen LogP contribution in [0.4, 0.5) is 11.4 Å². The van der Waals surface area contributed by atoms with E-state index >= 15 is 0 Å². The maximum absolute atomic E-state index is 13.5. The largest absolute Gasteiger partial charge is 0.367 e. The fourth-order valence-corrected chi connectivity index (χ4v) is 6.59. The van der Waals surface area contributed by atoms with Gasteiger partial charge in [0, 0.05) is 37.8 Å². The Hall–Kier alpha value is -2.58. The van der Waals surface area contributed by atoms with Gasteiger partial charge in [0.25, 0.3) is 15.9 Å². The average Bonchev–Trinajstić information content (AvgIpc) is 3.26. The van der Waals surface area contributed by atoms with Crippen LogP contribution in [-0.4, -0.2) is 46.5 Å². The van der Waals surface area contributed by atoms with Gasteiger partial charge in [-0.3, -0.25) is 9.52 Å². The molecule has 3 N–H and O–H groups in total. The Labute approximate surface area is 197 Å². The Morgan fingerprint density at radius 3 is 2.27 bits per heavy atom. The number of anilines is 2. The molecule has 4 rings (SSSR count). The molecule has 8 heteroatoms. The zero-order valence-electron chi connectivity index (χ0n) is 19.7. The number of nitrogens with zero attached hydrogens (tertiary/aromatic N) is 1. The molecule has 1 saturated carbocycles. The van der Waals surface area contributed by atoms with E-state index in [2.05, 4.69) is 20.3 Å². The molecular weight excluding hydrogens is 436 g/mol. The van der Waals surface area contributed by atoms with Crippen molar-refractivity contribution in [3.63, 3.8) is 0 Å². The molecule has 2 aromatic rings. The molecule has 0 aromatic heterocycles. The highest BCUT2D eigenvalue weighted by Gasteiger charge is 2.25. The van der Waals surface area contributed by atoms with E-state index in [-0.39, 0.29) is 11.9 Å². The van der Waals surface area contributed by atoms with E-state index in [4.69, 9.17) is 0 Å². The molecule has 0 bridgehead atoms. The number of rotatable bonds is 6. The molecule has 1 heterocycles. The van der Waals surface area contributed by atoms with Gasteiger partial charge in [-0.2, -0.15) is 0 Å². The highest BCUT2D eigenvalue weighted by molar-refractivity contribution is 7.92. The fourth-order valence-electron chi connectivity index (χ4n) is 5.07. The van der Waals surface area contributed by atoms with Crippen molar-refractivity contribution in [3.05, 3.63) is 52.6 Å². The number of hydrogen-bond donors (Lipinski definition) is 3. The number of sulfonamides is 1. The fraction of sp³-hybridized carbons (Fsp3) is 0.480. The van der Waals surface area contributed by atoms with Crippen molar-refractivity contribution in [1.82, 2.24) is 10.6 Å². The van der Waals surface area contributed by atoms with E-state index < -0.39 is 10.0 Å². The Kier molecular flexibility index (Phi) is 6.95. The highest BCUT2D eigenvalue weighted by Crippen LogP contribution is 2.32. The number of benzene rings is 2. The maximum Gasteiger partial charge on any atom is 0.262 e. The number of piperazine rings is 1. The normalized spacial score (nSPS) is 17.2. The second kappa shape index (κ2) is 9.73. The van der Waals surface area contributed by atoms with E-state index in [0.717, 1.165) is 63.1 Å². The Balaban J connectivity index is 1.69. The van der Waals surface area contributed by atoms with Crippen LogP contribution in [0.25, 0.3) is 0 Å². The zero-order chi connectivity index (χ0) is 23.6. The lowest BCUT2D eigenvalue weighted by atomic mass is 10.1. The summed E-state index contributed by atoms with van der Waals surface area (Å²) < 4.78 is 29.8. The minimum atomic E-state index is -3.84. The number of carbonyl (C=O) groups is 1. The summed E-state index contributed by atoms with van der Waals surface area (Å²) >= 11 is 0. The van der Waals surface area contributed by atoms with Gasteiger partial charge in [0.1, 0.15) is 0 Å². The molecule has 1 saturated heterocycles. The Morgan fingerprint density at radius 1 is 1.00 bits per heavy atom. The van der Waals surface area contributed by atoms with Gasteiger partial charge in [0.05, 0.1) is 16.3 Å². The number of hydrogen-bond acceptors (Lipinski definition) is 5. The minimum absolute atomic E-state index is 0.156. The van der Waals surface area contributed by atoms with E-state index in [1.54, 1.807) is 12.1 Å². The molecule has 7 nitrogen and oxygen atoms in total. The van der Waals surface area contributed by atoms with E-state index in [0.29, 0.717) is 27.3 Å². The van der Waals surface area contributed by atoms with Gasteiger partial charge in [0.2, 0.25) is 0 Å².